The highest BCUT2D eigenvalue weighted by Crippen LogP contribution is 2.33. The third kappa shape index (κ3) is 3.37. The topological polar surface area (TPSA) is 61.1 Å². The van der Waals surface area contributed by atoms with Crippen LogP contribution in [-0.4, -0.2) is 18.5 Å². The van der Waals surface area contributed by atoms with Gasteiger partial charge in [-0.25, -0.2) is 8.42 Å². The van der Waals surface area contributed by atoms with E-state index in [2.05, 4.69) is 66.2 Å². The molecule has 4 rings (SSSR count). The minimum atomic E-state index is -6.09. The standard InChI is InChI=1S/C16H12NS.CHF3O3S/c1-17-13-8-4-2-6-11(13)10-15-16(17)12-7-3-5-9-14(12)18-15;2-1(3,4)8(5,6)7/h2-10H,1H3;(H,5,6,7)/q+1;/p-1. The van der Waals surface area contributed by atoms with Crippen molar-refractivity contribution in [3.05, 3.63) is 54.6 Å². The van der Waals surface area contributed by atoms with E-state index in [1.165, 1.54) is 31.2 Å². The number of pyridine rings is 1. The minimum absolute atomic E-state index is 1.29. The van der Waals surface area contributed by atoms with E-state index < -0.39 is 15.6 Å². The molecule has 0 saturated heterocycles. The molecule has 0 aliphatic rings. The fourth-order valence-electron chi connectivity index (χ4n) is 2.67. The quantitative estimate of drug-likeness (QED) is 0.254. The number of benzene rings is 2. The van der Waals surface area contributed by atoms with Crippen LogP contribution in [0.1, 0.15) is 0 Å². The van der Waals surface area contributed by atoms with Gasteiger partial charge in [-0.05, 0) is 24.3 Å². The van der Waals surface area contributed by atoms with Gasteiger partial charge in [0.25, 0.3) is 0 Å². The summed E-state index contributed by atoms with van der Waals surface area (Å²) in [5.74, 6) is 0. The lowest BCUT2D eigenvalue weighted by Gasteiger charge is -2.08. The predicted octanol–water partition coefficient (Wildman–Crippen LogP) is 4.08. The fourth-order valence-corrected chi connectivity index (χ4v) is 3.86. The number of halogens is 3. The zero-order chi connectivity index (χ0) is 19.1. The number of alkyl halides is 3. The van der Waals surface area contributed by atoms with Crippen molar-refractivity contribution in [2.45, 2.75) is 5.51 Å². The Morgan fingerprint density at radius 2 is 1.58 bits per heavy atom. The molecule has 26 heavy (non-hydrogen) atoms. The van der Waals surface area contributed by atoms with Gasteiger partial charge >= 0.3 is 5.51 Å². The van der Waals surface area contributed by atoms with Crippen LogP contribution in [0.5, 0.6) is 0 Å². The van der Waals surface area contributed by atoms with Gasteiger partial charge in [-0.3, -0.25) is 0 Å². The SMILES string of the molecule is C[n+]1c2ccccc2cc2sc3ccccc3c21.O=S(=O)([O-])C(F)(F)F. The lowest BCUT2D eigenvalue weighted by atomic mass is 10.1. The molecule has 0 bridgehead atoms. The number of para-hydroxylation sites is 1. The number of aryl methyl sites for hydroxylation is 1. The van der Waals surface area contributed by atoms with Crippen LogP contribution in [0.2, 0.25) is 0 Å². The molecular weight excluding hydrogens is 387 g/mol. The smallest absolute Gasteiger partial charge is 0.485 e. The molecule has 4 nitrogen and oxygen atoms in total. The number of fused-ring (bicyclic) bond motifs is 4. The van der Waals surface area contributed by atoms with Crippen LogP contribution < -0.4 is 4.57 Å². The van der Waals surface area contributed by atoms with Crippen molar-refractivity contribution in [2.75, 3.05) is 0 Å². The molecule has 2 heterocycles. The Morgan fingerprint density at radius 1 is 1.00 bits per heavy atom. The van der Waals surface area contributed by atoms with Crippen molar-refractivity contribution in [3.63, 3.8) is 0 Å². The van der Waals surface area contributed by atoms with E-state index in [0.717, 1.165) is 0 Å². The van der Waals surface area contributed by atoms with Gasteiger partial charge < -0.3 is 4.55 Å². The Balaban J connectivity index is 0.000000211. The zero-order valence-electron chi connectivity index (χ0n) is 13.3. The molecule has 0 radical (unpaired) electrons. The molecule has 0 unspecified atom stereocenters. The Hall–Kier alpha value is -2.23. The largest absolute Gasteiger partial charge is 0.741 e. The summed E-state index contributed by atoms with van der Waals surface area (Å²) >= 11 is 1.87. The van der Waals surface area contributed by atoms with Crippen molar-refractivity contribution < 1.29 is 30.7 Å². The van der Waals surface area contributed by atoms with Gasteiger partial charge in [0, 0.05) is 16.2 Å². The van der Waals surface area contributed by atoms with Gasteiger partial charge in [0.1, 0.15) is 11.7 Å². The van der Waals surface area contributed by atoms with Crippen molar-refractivity contribution in [3.8, 4) is 0 Å². The maximum Gasteiger partial charge on any atom is 0.485 e. The monoisotopic (exact) mass is 399 g/mol. The third-order valence-corrected chi connectivity index (χ3v) is 5.47. The summed E-state index contributed by atoms with van der Waals surface area (Å²) in [5.41, 5.74) is -3.02. The second-order valence-electron chi connectivity index (χ2n) is 5.47. The van der Waals surface area contributed by atoms with Crippen molar-refractivity contribution in [2.24, 2.45) is 7.05 Å². The highest BCUT2D eigenvalue weighted by Gasteiger charge is 2.36. The fraction of sp³-hybridized carbons (Fsp3) is 0.118. The number of hydrogen-bond acceptors (Lipinski definition) is 4. The third-order valence-electron chi connectivity index (χ3n) is 3.80. The van der Waals surface area contributed by atoms with Gasteiger partial charge in [0.05, 0.1) is 5.39 Å². The molecule has 0 fully saturated rings. The molecule has 0 saturated carbocycles. The average Bonchev–Trinajstić information content (AvgIpc) is 2.92. The summed E-state index contributed by atoms with van der Waals surface area (Å²) < 4.78 is 63.9. The first kappa shape index (κ1) is 18.6. The lowest BCUT2D eigenvalue weighted by molar-refractivity contribution is -0.616. The number of rotatable bonds is 0. The Morgan fingerprint density at radius 3 is 2.23 bits per heavy atom. The van der Waals surface area contributed by atoms with E-state index in [0.29, 0.717) is 0 Å². The van der Waals surface area contributed by atoms with Gasteiger partial charge in [-0.2, -0.15) is 17.7 Å². The van der Waals surface area contributed by atoms with Crippen LogP contribution in [0, 0.1) is 0 Å². The van der Waals surface area contributed by atoms with Crippen molar-refractivity contribution >= 4 is 52.7 Å². The molecule has 0 N–H and O–H groups in total. The van der Waals surface area contributed by atoms with Gasteiger partial charge in [-0.15, -0.1) is 11.3 Å². The first-order valence-corrected chi connectivity index (χ1v) is 9.53. The maximum absolute atomic E-state index is 10.7. The van der Waals surface area contributed by atoms with E-state index >= 15 is 0 Å². The Labute approximate surface area is 150 Å². The summed E-state index contributed by atoms with van der Waals surface area (Å²) in [6.07, 6.45) is 0. The summed E-state index contributed by atoms with van der Waals surface area (Å²) in [5, 5.41) is 2.66. The molecule has 0 amide bonds. The highest BCUT2D eigenvalue weighted by atomic mass is 32.2. The molecule has 9 heteroatoms. The van der Waals surface area contributed by atoms with E-state index in [1.807, 2.05) is 11.3 Å². The first-order valence-electron chi connectivity index (χ1n) is 7.31. The Bertz CT molecular complexity index is 1210. The number of aromatic nitrogens is 1. The molecule has 2 aromatic heterocycles. The Kier molecular flexibility index (Phi) is 4.63. The summed E-state index contributed by atoms with van der Waals surface area (Å²) in [7, 11) is -3.93. The first-order chi connectivity index (χ1) is 12.1. The van der Waals surface area contributed by atoms with Crippen LogP contribution in [0.25, 0.3) is 31.2 Å². The lowest BCUT2D eigenvalue weighted by Crippen LogP contribution is -2.29. The molecule has 0 aliphatic heterocycles. The van der Waals surface area contributed by atoms with E-state index in [-0.39, 0.29) is 0 Å². The molecule has 136 valence electrons. The number of thiophene rings is 1. The van der Waals surface area contributed by atoms with Gasteiger partial charge in [0.15, 0.2) is 10.1 Å². The average molecular weight is 399 g/mol. The zero-order valence-corrected chi connectivity index (χ0v) is 15.0. The number of hydrogen-bond donors (Lipinski definition) is 0. The van der Waals surface area contributed by atoms with E-state index in [9.17, 15) is 13.2 Å². The predicted molar refractivity (Wildman–Crippen MR) is 93.8 cm³/mol. The molecule has 2 aromatic carbocycles. The molecular formula is C17H12F3NO3S2. The van der Waals surface area contributed by atoms with Crippen LogP contribution in [0.15, 0.2) is 54.6 Å². The maximum atomic E-state index is 10.7. The van der Waals surface area contributed by atoms with Gasteiger partial charge in [0.2, 0.25) is 11.0 Å². The normalized spacial score (nSPS) is 12.3. The number of nitrogens with zero attached hydrogens (tertiary/aromatic N) is 1. The van der Waals surface area contributed by atoms with Crippen LogP contribution in [0.3, 0.4) is 0 Å². The molecule has 0 spiro atoms. The van der Waals surface area contributed by atoms with Gasteiger partial charge in [-0.1, -0.05) is 24.3 Å². The highest BCUT2D eigenvalue weighted by molar-refractivity contribution is 7.86. The minimum Gasteiger partial charge on any atom is -0.741 e. The van der Waals surface area contributed by atoms with Crippen molar-refractivity contribution in [1.82, 2.24) is 0 Å². The van der Waals surface area contributed by atoms with Crippen molar-refractivity contribution in [1.29, 1.82) is 0 Å². The summed E-state index contributed by atoms with van der Waals surface area (Å²) in [6, 6.07) is 19.5. The summed E-state index contributed by atoms with van der Waals surface area (Å²) in [6.45, 7) is 0. The summed E-state index contributed by atoms with van der Waals surface area (Å²) in [4.78, 5) is 0. The molecule has 0 aliphatic carbocycles. The molecule has 4 aromatic rings. The second kappa shape index (κ2) is 6.49. The van der Waals surface area contributed by atoms with E-state index in [4.69, 9.17) is 13.0 Å². The van der Waals surface area contributed by atoms with E-state index in [1.54, 1.807) is 0 Å². The van der Waals surface area contributed by atoms with Crippen LogP contribution in [-0.2, 0) is 17.2 Å². The second-order valence-corrected chi connectivity index (χ2v) is 7.93. The van der Waals surface area contributed by atoms with Crippen LogP contribution >= 0.6 is 11.3 Å². The molecule has 0 atom stereocenters. The van der Waals surface area contributed by atoms with Crippen LogP contribution in [0.4, 0.5) is 13.2 Å².